The summed E-state index contributed by atoms with van der Waals surface area (Å²) in [5, 5.41) is -1.41. The molecule has 1 fully saturated rings. The Morgan fingerprint density at radius 3 is 2.30 bits per heavy atom. The van der Waals surface area contributed by atoms with E-state index < -0.39 is 19.2 Å². The lowest BCUT2D eigenvalue weighted by molar-refractivity contribution is -0.110. The molecule has 0 amide bonds. The van der Waals surface area contributed by atoms with Gasteiger partial charge in [0.15, 0.2) is 0 Å². The van der Waals surface area contributed by atoms with Crippen LogP contribution in [0.15, 0.2) is 29.2 Å². The summed E-state index contributed by atoms with van der Waals surface area (Å²) < 4.78 is 24.1. The van der Waals surface area contributed by atoms with Crippen LogP contribution in [-0.2, 0) is 14.8 Å². The molecular formula is C11H10Cl3NO3S2. The maximum absolute atomic E-state index is 12.5. The number of hydrogen-bond acceptors (Lipinski definition) is 4. The van der Waals surface area contributed by atoms with E-state index in [1.165, 1.54) is 12.1 Å². The molecule has 0 bridgehead atoms. The number of alkyl halides is 3. The molecule has 0 N–H and O–H groups in total. The molecule has 0 saturated carbocycles. The van der Waals surface area contributed by atoms with E-state index in [1.54, 1.807) is 12.1 Å². The molecule has 1 aliphatic rings. The topological polar surface area (TPSA) is 54.5 Å². The summed E-state index contributed by atoms with van der Waals surface area (Å²) in [5.74, 6) is 0. The molecule has 9 heteroatoms. The van der Waals surface area contributed by atoms with Crippen molar-refractivity contribution in [1.82, 2.24) is 4.31 Å². The Kier molecular flexibility index (Phi) is 4.64. The lowest BCUT2D eigenvalue weighted by Gasteiger charge is -2.27. The molecule has 0 radical (unpaired) electrons. The van der Waals surface area contributed by atoms with Gasteiger partial charge in [-0.25, -0.2) is 8.42 Å². The lowest BCUT2D eigenvalue weighted by atomic mass is 10.2. The smallest absolute Gasteiger partial charge is 0.244 e. The second kappa shape index (κ2) is 5.66. The molecule has 1 heterocycles. The lowest BCUT2D eigenvalue weighted by Crippen LogP contribution is -2.41. The molecule has 1 aliphatic heterocycles. The molecule has 0 aromatic heterocycles. The van der Waals surface area contributed by atoms with Crippen molar-refractivity contribution in [2.75, 3.05) is 6.54 Å². The summed E-state index contributed by atoms with van der Waals surface area (Å²) in [6.07, 6.45) is 0. The highest BCUT2D eigenvalue weighted by Crippen LogP contribution is 2.45. The van der Waals surface area contributed by atoms with E-state index in [0.29, 0.717) is 0 Å². The van der Waals surface area contributed by atoms with E-state index in [4.69, 9.17) is 34.8 Å². The predicted molar refractivity (Wildman–Crippen MR) is 81.7 cm³/mol. The molecule has 1 aromatic rings. The van der Waals surface area contributed by atoms with E-state index in [2.05, 4.69) is 0 Å². The Balaban J connectivity index is 2.42. The Bertz CT molecular complexity index is 625. The summed E-state index contributed by atoms with van der Waals surface area (Å²) in [6.45, 7) is 1.54. The van der Waals surface area contributed by atoms with Gasteiger partial charge >= 0.3 is 0 Å². The summed E-state index contributed by atoms with van der Waals surface area (Å²) in [4.78, 5) is 11.6. The fourth-order valence-corrected chi connectivity index (χ4v) is 5.43. The van der Waals surface area contributed by atoms with Crippen LogP contribution in [0, 0.1) is 6.92 Å². The largest absolute Gasteiger partial charge is 0.286 e. The number of nitrogens with zero attached hydrogens (tertiary/aromatic N) is 1. The SMILES string of the molecule is Cc1ccc(S(=O)(=O)N2CC(=O)S[C@H]2C(Cl)(Cl)Cl)cc1. The van der Waals surface area contributed by atoms with Crippen molar-refractivity contribution >= 4 is 61.7 Å². The van der Waals surface area contributed by atoms with Gasteiger partial charge in [0.25, 0.3) is 0 Å². The van der Waals surface area contributed by atoms with Gasteiger partial charge in [-0.3, -0.25) is 4.79 Å². The summed E-state index contributed by atoms with van der Waals surface area (Å²) >= 11 is 18.0. The molecule has 0 unspecified atom stereocenters. The molecule has 0 aliphatic carbocycles. The number of thioether (sulfide) groups is 1. The number of sulfonamides is 1. The Hall–Kier alpha value is 0.0200. The van der Waals surface area contributed by atoms with Gasteiger partial charge < -0.3 is 0 Å². The predicted octanol–water partition coefficient (Wildman–Crippen LogP) is 2.96. The first-order valence-corrected chi connectivity index (χ1v) is 8.92. The third kappa shape index (κ3) is 3.26. The average Bonchev–Trinajstić information content (AvgIpc) is 2.72. The monoisotopic (exact) mass is 373 g/mol. The van der Waals surface area contributed by atoms with Crippen LogP contribution in [0.2, 0.25) is 0 Å². The molecule has 2 rings (SSSR count). The van der Waals surface area contributed by atoms with Gasteiger partial charge in [-0.05, 0) is 19.1 Å². The molecule has 4 nitrogen and oxygen atoms in total. The number of carbonyl (C=O) groups is 1. The fraction of sp³-hybridized carbons (Fsp3) is 0.364. The second-order valence-corrected chi connectivity index (χ2v) is 9.64. The van der Waals surface area contributed by atoms with Crippen molar-refractivity contribution in [1.29, 1.82) is 0 Å². The van der Waals surface area contributed by atoms with E-state index in [-0.39, 0.29) is 16.6 Å². The van der Waals surface area contributed by atoms with Crippen molar-refractivity contribution in [2.24, 2.45) is 0 Å². The second-order valence-electron chi connectivity index (χ2n) is 4.25. The summed E-state index contributed by atoms with van der Waals surface area (Å²) in [6, 6.07) is 6.27. The molecule has 1 saturated heterocycles. The Labute approximate surface area is 136 Å². The van der Waals surface area contributed by atoms with E-state index in [9.17, 15) is 13.2 Å². The minimum Gasteiger partial charge on any atom is -0.286 e. The number of carbonyl (C=O) groups excluding carboxylic acids is 1. The van der Waals surface area contributed by atoms with E-state index in [0.717, 1.165) is 21.6 Å². The first-order valence-electron chi connectivity index (χ1n) is 5.47. The molecule has 0 spiro atoms. The Morgan fingerprint density at radius 2 is 1.80 bits per heavy atom. The van der Waals surface area contributed by atoms with Crippen molar-refractivity contribution in [3.05, 3.63) is 29.8 Å². The molecule has 110 valence electrons. The van der Waals surface area contributed by atoms with Crippen LogP contribution in [0.4, 0.5) is 0 Å². The normalized spacial score (nSPS) is 21.4. The van der Waals surface area contributed by atoms with Gasteiger partial charge in [-0.2, -0.15) is 4.31 Å². The first kappa shape index (κ1) is 16.4. The maximum Gasteiger partial charge on any atom is 0.244 e. The van der Waals surface area contributed by atoms with Crippen LogP contribution >= 0.6 is 46.6 Å². The average molecular weight is 375 g/mol. The van der Waals surface area contributed by atoms with Crippen molar-refractivity contribution in [2.45, 2.75) is 21.0 Å². The quantitative estimate of drug-likeness (QED) is 0.747. The van der Waals surface area contributed by atoms with Crippen molar-refractivity contribution in [3.8, 4) is 0 Å². The van der Waals surface area contributed by atoms with Crippen LogP contribution in [0.5, 0.6) is 0 Å². The summed E-state index contributed by atoms with van der Waals surface area (Å²) in [7, 11) is -3.88. The highest BCUT2D eigenvalue weighted by atomic mass is 35.6. The number of benzene rings is 1. The maximum atomic E-state index is 12.5. The first-order chi connectivity index (χ1) is 9.12. The highest BCUT2D eigenvalue weighted by molar-refractivity contribution is 8.15. The standard InChI is InChI=1S/C11H10Cl3NO3S2/c1-7-2-4-8(5-3-7)20(17,18)15-6-9(16)19-10(15)11(12,13)14/h2-5,10H,6H2,1H3/t10-/m0/s1. The van der Waals surface area contributed by atoms with Gasteiger partial charge in [0.05, 0.1) is 11.4 Å². The number of halogens is 3. The van der Waals surface area contributed by atoms with Gasteiger partial charge in [-0.15, -0.1) is 0 Å². The van der Waals surface area contributed by atoms with Gasteiger partial charge in [0.2, 0.25) is 18.9 Å². The zero-order chi connectivity index (χ0) is 15.1. The van der Waals surface area contributed by atoms with Crippen LogP contribution < -0.4 is 0 Å². The zero-order valence-electron chi connectivity index (χ0n) is 10.2. The van der Waals surface area contributed by atoms with Gasteiger partial charge in [0, 0.05) is 0 Å². The number of hydrogen-bond donors (Lipinski definition) is 0. The van der Waals surface area contributed by atoms with E-state index in [1.807, 2.05) is 6.92 Å². The Morgan fingerprint density at radius 1 is 1.25 bits per heavy atom. The number of aryl methyl sites for hydroxylation is 1. The third-order valence-corrected chi connectivity index (χ3v) is 6.89. The zero-order valence-corrected chi connectivity index (χ0v) is 14.1. The van der Waals surface area contributed by atoms with Crippen LogP contribution in [0.25, 0.3) is 0 Å². The molecule has 20 heavy (non-hydrogen) atoms. The minimum atomic E-state index is -3.88. The highest BCUT2D eigenvalue weighted by Gasteiger charge is 2.50. The van der Waals surface area contributed by atoms with Crippen LogP contribution in [0.1, 0.15) is 5.56 Å². The van der Waals surface area contributed by atoms with Crippen molar-refractivity contribution in [3.63, 3.8) is 0 Å². The molecule has 1 aromatic carbocycles. The molecule has 1 atom stereocenters. The minimum absolute atomic E-state index is 0.0673. The van der Waals surface area contributed by atoms with Crippen LogP contribution in [0.3, 0.4) is 0 Å². The summed E-state index contributed by atoms with van der Waals surface area (Å²) in [5.41, 5.74) is 0.925. The van der Waals surface area contributed by atoms with Crippen LogP contribution in [-0.4, -0.2) is 33.5 Å². The van der Waals surface area contributed by atoms with E-state index >= 15 is 0 Å². The van der Waals surface area contributed by atoms with Gasteiger partial charge in [0.1, 0.15) is 5.37 Å². The van der Waals surface area contributed by atoms with Gasteiger partial charge in [-0.1, -0.05) is 64.3 Å². The third-order valence-electron chi connectivity index (χ3n) is 2.70. The fourth-order valence-electron chi connectivity index (χ4n) is 1.72. The number of rotatable bonds is 2. The van der Waals surface area contributed by atoms with Crippen molar-refractivity contribution < 1.29 is 13.2 Å². The molecular weight excluding hydrogens is 365 g/mol.